The van der Waals surface area contributed by atoms with E-state index in [2.05, 4.69) is 41.0 Å². The first-order chi connectivity index (χ1) is 14.7. The summed E-state index contributed by atoms with van der Waals surface area (Å²) in [6.45, 7) is 0.747. The molecule has 0 saturated carbocycles. The van der Waals surface area contributed by atoms with Crippen LogP contribution in [0.5, 0.6) is 5.75 Å². The second-order valence-electron chi connectivity index (χ2n) is 8.10. The zero-order valence-electron chi connectivity index (χ0n) is 17.1. The Morgan fingerprint density at radius 2 is 1.83 bits per heavy atom. The third-order valence-electron chi connectivity index (χ3n) is 6.27. The van der Waals surface area contributed by atoms with Gasteiger partial charge in [0, 0.05) is 17.4 Å². The lowest BCUT2D eigenvalue weighted by Crippen LogP contribution is -2.08. The Labute approximate surface area is 175 Å². The van der Waals surface area contributed by atoms with Gasteiger partial charge in [-0.25, -0.2) is 0 Å². The minimum Gasteiger partial charge on any atom is -0.496 e. The van der Waals surface area contributed by atoms with E-state index in [-0.39, 0.29) is 6.42 Å². The summed E-state index contributed by atoms with van der Waals surface area (Å²) >= 11 is 0. The predicted molar refractivity (Wildman–Crippen MR) is 120 cm³/mol. The van der Waals surface area contributed by atoms with E-state index < -0.39 is 5.97 Å². The third-order valence-corrected chi connectivity index (χ3v) is 6.27. The molecule has 0 atom stereocenters. The Kier molecular flexibility index (Phi) is 4.70. The van der Waals surface area contributed by atoms with Crippen LogP contribution >= 0.6 is 0 Å². The maximum Gasteiger partial charge on any atom is 0.307 e. The maximum absolute atomic E-state index is 11.6. The molecule has 4 nitrogen and oxygen atoms in total. The fourth-order valence-electron chi connectivity index (χ4n) is 5.02. The van der Waals surface area contributed by atoms with Crippen LogP contribution in [-0.2, 0) is 30.6 Å². The molecule has 30 heavy (non-hydrogen) atoms. The van der Waals surface area contributed by atoms with Gasteiger partial charge in [-0.3, -0.25) is 4.79 Å². The highest BCUT2D eigenvalue weighted by atomic mass is 16.5. The van der Waals surface area contributed by atoms with E-state index in [0.29, 0.717) is 0 Å². The zero-order chi connectivity index (χ0) is 20.7. The van der Waals surface area contributed by atoms with E-state index in [1.807, 2.05) is 18.2 Å². The average molecular weight is 399 g/mol. The van der Waals surface area contributed by atoms with Gasteiger partial charge in [0.1, 0.15) is 5.75 Å². The molecule has 1 aliphatic carbocycles. The van der Waals surface area contributed by atoms with Crippen molar-refractivity contribution in [3.8, 4) is 5.75 Å². The van der Waals surface area contributed by atoms with Crippen LogP contribution in [0.15, 0.2) is 54.6 Å². The topological polar surface area (TPSA) is 51.5 Å². The molecule has 1 heterocycles. The molecule has 1 aliphatic rings. The van der Waals surface area contributed by atoms with Crippen LogP contribution in [0.25, 0.3) is 21.8 Å². The lowest BCUT2D eigenvalue weighted by Gasteiger charge is -2.20. The summed E-state index contributed by atoms with van der Waals surface area (Å²) in [6, 6.07) is 18.6. The number of nitrogens with zero attached hydrogens (tertiary/aromatic N) is 1. The van der Waals surface area contributed by atoms with Gasteiger partial charge in [-0.1, -0.05) is 42.5 Å². The quantitative estimate of drug-likeness (QED) is 0.492. The minimum absolute atomic E-state index is 0.00201. The number of methoxy groups -OCH3 is 1. The van der Waals surface area contributed by atoms with Gasteiger partial charge in [0.15, 0.2) is 0 Å². The van der Waals surface area contributed by atoms with Crippen LogP contribution in [0.2, 0.25) is 0 Å². The molecule has 5 rings (SSSR count). The molecule has 0 spiro atoms. The van der Waals surface area contributed by atoms with Crippen LogP contribution in [0.3, 0.4) is 0 Å². The Balaban J connectivity index is 1.91. The number of aromatic nitrogens is 1. The number of hydrogen-bond donors (Lipinski definition) is 1. The average Bonchev–Trinajstić information content (AvgIpc) is 3.09. The van der Waals surface area contributed by atoms with Gasteiger partial charge in [0.25, 0.3) is 0 Å². The predicted octanol–water partition coefficient (Wildman–Crippen LogP) is 5.36. The lowest BCUT2D eigenvalue weighted by atomic mass is 9.89. The van der Waals surface area contributed by atoms with E-state index in [1.54, 1.807) is 7.11 Å². The molecule has 1 N–H and O–H groups in total. The smallest absolute Gasteiger partial charge is 0.307 e. The first kappa shape index (κ1) is 18.7. The summed E-state index contributed by atoms with van der Waals surface area (Å²) in [5.74, 6) is 0.0312. The van der Waals surface area contributed by atoms with Crippen LogP contribution in [0.1, 0.15) is 35.1 Å². The number of hydrogen-bond acceptors (Lipinski definition) is 2. The SMILES string of the molecule is COc1cc2c(c3c1c1c(CC(=O)O)cccc1n3Cc1ccccc1)CCCC2. The Bertz CT molecular complexity index is 1250. The summed E-state index contributed by atoms with van der Waals surface area (Å²) in [5.41, 5.74) is 7.11. The summed E-state index contributed by atoms with van der Waals surface area (Å²) < 4.78 is 8.24. The van der Waals surface area contributed by atoms with Crippen molar-refractivity contribution in [1.82, 2.24) is 4.57 Å². The van der Waals surface area contributed by atoms with Gasteiger partial charge in [-0.05, 0) is 60.1 Å². The number of fused-ring (bicyclic) bond motifs is 5. The first-order valence-electron chi connectivity index (χ1n) is 10.6. The van der Waals surface area contributed by atoms with Crippen molar-refractivity contribution in [2.24, 2.45) is 0 Å². The van der Waals surface area contributed by atoms with Crippen LogP contribution in [0.4, 0.5) is 0 Å². The molecule has 0 bridgehead atoms. The number of carbonyl (C=O) groups is 1. The standard InChI is InChI=1S/C26H25NO3/c1-30-22-14-18-10-5-6-12-20(18)26-25(22)24-19(15-23(28)29)11-7-13-21(24)27(26)16-17-8-3-2-4-9-17/h2-4,7-9,11,13-14H,5-6,10,12,15-16H2,1H3,(H,28,29). The molecule has 4 heteroatoms. The monoisotopic (exact) mass is 399 g/mol. The summed E-state index contributed by atoms with van der Waals surface area (Å²) in [7, 11) is 1.71. The molecular formula is C26H25NO3. The van der Waals surface area contributed by atoms with E-state index in [0.717, 1.165) is 47.0 Å². The van der Waals surface area contributed by atoms with Gasteiger partial charge in [0.2, 0.25) is 0 Å². The second-order valence-corrected chi connectivity index (χ2v) is 8.10. The van der Waals surface area contributed by atoms with Crippen LogP contribution in [-0.4, -0.2) is 22.8 Å². The number of benzene rings is 3. The van der Waals surface area contributed by atoms with E-state index >= 15 is 0 Å². The molecule has 152 valence electrons. The number of carboxylic acid groups (broad SMARTS) is 1. The molecule has 0 saturated heterocycles. The first-order valence-corrected chi connectivity index (χ1v) is 10.6. The van der Waals surface area contributed by atoms with Crippen LogP contribution in [0, 0.1) is 0 Å². The molecule has 0 aliphatic heterocycles. The summed E-state index contributed by atoms with van der Waals surface area (Å²) in [4.78, 5) is 11.6. The maximum atomic E-state index is 11.6. The molecule has 0 amide bonds. The van der Waals surface area contributed by atoms with Crippen molar-refractivity contribution in [2.45, 2.75) is 38.6 Å². The van der Waals surface area contributed by atoms with Gasteiger partial charge in [-0.15, -0.1) is 0 Å². The van der Waals surface area contributed by atoms with Gasteiger partial charge in [-0.2, -0.15) is 0 Å². The normalized spacial score (nSPS) is 13.5. The Morgan fingerprint density at radius 1 is 1.03 bits per heavy atom. The van der Waals surface area contributed by atoms with Crippen molar-refractivity contribution in [2.75, 3.05) is 7.11 Å². The fourth-order valence-corrected chi connectivity index (χ4v) is 5.02. The molecule has 0 fully saturated rings. The van der Waals surface area contributed by atoms with Crippen molar-refractivity contribution in [3.05, 3.63) is 76.9 Å². The highest BCUT2D eigenvalue weighted by Gasteiger charge is 2.24. The highest BCUT2D eigenvalue weighted by molar-refractivity contribution is 6.14. The van der Waals surface area contributed by atoms with Crippen molar-refractivity contribution in [1.29, 1.82) is 0 Å². The molecule has 0 radical (unpaired) electrons. The molecule has 1 aromatic heterocycles. The molecule has 3 aromatic carbocycles. The number of carboxylic acids is 1. The number of ether oxygens (including phenoxy) is 1. The number of aliphatic carboxylic acids is 1. The number of rotatable bonds is 5. The molecule has 4 aromatic rings. The fraction of sp³-hybridized carbons (Fsp3) is 0.269. The van der Waals surface area contributed by atoms with Gasteiger partial charge < -0.3 is 14.4 Å². The number of aryl methyl sites for hydroxylation is 2. The van der Waals surface area contributed by atoms with E-state index in [1.165, 1.54) is 35.0 Å². The van der Waals surface area contributed by atoms with Gasteiger partial charge in [0.05, 0.1) is 24.4 Å². The summed E-state index contributed by atoms with van der Waals surface area (Å²) in [6.07, 6.45) is 4.50. The van der Waals surface area contributed by atoms with E-state index in [4.69, 9.17) is 4.74 Å². The van der Waals surface area contributed by atoms with E-state index in [9.17, 15) is 9.90 Å². The largest absolute Gasteiger partial charge is 0.496 e. The molecular weight excluding hydrogens is 374 g/mol. The Morgan fingerprint density at radius 3 is 2.60 bits per heavy atom. The molecule has 0 unspecified atom stereocenters. The van der Waals surface area contributed by atoms with Gasteiger partial charge >= 0.3 is 5.97 Å². The third kappa shape index (κ3) is 3.04. The van der Waals surface area contributed by atoms with Crippen molar-refractivity contribution >= 4 is 27.8 Å². The second kappa shape index (κ2) is 7.52. The van der Waals surface area contributed by atoms with Crippen molar-refractivity contribution in [3.63, 3.8) is 0 Å². The van der Waals surface area contributed by atoms with Crippen LogP contribution < -0.4 is 4.74 Å². The zero-order valence-corrected chi connectivity index (χ0v) is 17.1. The highest BCUT2D eigenvalue weighted by Crippen LogP contribution is 2.43. The minimum atomic E-state index is -0.816. The summed E-state index contributed by atoms with van der Waals surface area (Å²) in [5, 5.41) is 11.6. The Hall–Kier alpha value is -3.27. The lowest BCUT2D eigenvalue weighted by molar-refractivity contribution is -0.136. The van der Waals surface area contributed by atoms with Crippen molar-refractivity contribution < 1.29 is 14.6 Å².